The van der Waals surface area contributed by atoms with Gasteiger partial charge in [0.25, 0.3) is 11.8 Å². The van der Waals surface area contributed by atoms with Gasteiger partial charge in [0.2, 0.25) is 11.8 Å². The molecule has 162 valence electrons. The summed E-state index contributed by atoms with van der Waals surface area (Å²) in [6.07, 6.45) is 1.27. The van der Waals surface area contributed by atoms with Crippen molar-refractivity contribution in [1.29, 1.82) is 0 Å². The van der Waals surface area contributed by atoms with E-state index in [0.717, 1.165) is 0 Å². The molecule has 1 saturated heterocycles. The highest BCUT2D eigenvalue weighted by Crippen LogP contribution is 2.17. The Hall–Kier alpha value is -3.68. The second-order valence-corrected chi connectivity index (χ2v) is 7.44. The van der Waals surface area contributed by atoms with Crippen LogP contribution in [0.3, 0.4) is 0 Å². The number of rotatable bonds is 6. The SMILES string of the molecule is CC(=O)Nc1cccc(C(=O)N2CCC(NC(=O)CNC(=O)c3ccccc3)CC2)c1. The molecular weight excluding hydrogens is 396 g/mol. The van der Waals surface area contributed by atoms with Gasteiger partial charge in [-0.1, -0.05) is 24.3 Å². The van der Waals surface area contributed by atoms with Crippen molar-refractivity contribution in [3.63, 3.8) is 0 Å². The largest absolute Gasteiger partial charge is 0.352 e. The van der Waals surface area contributed by atoms with Crippen molar-refractivity contribution in [2.45, 2.75) is 25.8 Å². The maximum atomic E-state index is 12.8. The zero-order valence-electron chi connectivity index (χ0n) is 17.4. The van der Waals surface area contributed by atoms with Crippen LogP contribution in [0.5, 0.6) is 0 Å². The Labute approximate surface area is 181 Å². The van der Waals surface area contributed by atoms with Crippen molar-refractivity contribution in [1.82, 2.24) is 15.5 Å². The first kappa shape index (κ1) is 22.0. The Kier molecular flexibility index (Phi) is 7.37. The fourth-order valence-corrected chi connectivity index (χ4v) is 3.47. The summed E-state index contributed by atoms with van der Waals surface area (Å²) in [5.41, 5.74) is 1.60. The molecule has 0 atom stereocenters. The number of likely N-dealkylation sites (tertiary alicyclic amines) is 1. The number of nitrogens with one attached hydrogen (secondary N) is 3. The average molecular weight is 422 g/mol. The van der Waals surface area contributed by atoms with E-state index in [1.165, 1.54) is 6.92 Å². The van der Waals surface area contributed by atoms with Gasteiger partial charge in [-0.25, -0.2) is 0 Å². The van der Waals surface area contributed by atoms with Gasteiger partial charge in [0.15, 0.2) is 0 Å². The third-order valence-corrected chi connectivity index (χ3v) is 5.02. The minimum Gasteiger partial charge on any atom is -0.352 e. The molecule has 0 saturated carbocycles. The molecule has 31 heavy (non-hydrogen) atoms. The predicted molar refractivity (Wildman–Crippen MR) is 117 cm³/mol. The standard InChI is InChI=1S/C23H26N4O4/c1-16(28)25-20-9-5-8-18(14-20)23(31)27-12-10-19(11-13-27)26-21(29)15-24-22(30)17-6-3-2-4-7-17/h2-9,14,19H,10-13,15H2,1H3,(H,24,30)(H,25,28)(H,26,29). The highest BCUT2D eigenvalue weighted by atomic mass is 16.2. The lowest BCUT2D eigenvalue weighted by atomic mass is 10.0. The second-order valence-electron chi connectivity index (χ2n) is 7.44. The van der Waals surface area contributed by atoms with E-state index in [9.17, 15) is 19.2 Å². The minimum absolute atomic E-state index is 0.0455. The van der Waals surface area contributed by atoms with Crippen molar-refractivity contribution < 1.29 is 19.2 Å². The highest BCUT2D eigenvalue weighted by Gasteiger charge is 2.25. The van der Waals surface area contributed by atoms with E-state index in [4.69, 9.17) is 0 Å². The Balaban J connectivity index is 1.44. The van der Waals surface area contributed by atoms with E-state index in [0.29, 0.717) is 42.7 Å². The van der Waals surface area contributed by atoms with Gasteiger partial charge in [0, 0.05) is 42.9 Å². The molecule has 0 radical (unpaired) electrons. The molecule has 3 rings (SSSR count). The maximum absolute atomic E-state index is 12.8. The summed E-state index contributed by atoms with van der Waals surface area (Å²) in [6.45, 7) is 2.36. The van der Waals surface area contributed by atoms with Crippen LogP contribution >= 0.6 is 0 Å². The molecule has 0 spiro atoms. The third-order valence-electron chi connectivity index (χ3n) is 5.02. The zero-order valence-corrected chi connectivity index (χ0v) is 17.4. The predicted octanol–water partition coefficient (Wildman–Crippen LogP) is 1.80. The molecule has 1 aliphatic heterocycles. The van der Waals surface area contributed by atoms with E-state index in [-0.39, 0.29) is 36.2 Å². The van der Waals surface area contributed by atoms with Gasteiger partial charge in [0.05, 0.1) is 6.54 Å². The molecule has 0 aromatic heterocycles. The number of carbonyl (C=O) groups is 4. The number of hydrogen-bond acceptors (Lipinski definition) is 4. The van der Waals surface area contributed by atoms with Crippen LogP contribution in [0.15, 0.2) is 54.6 Å². The molecule has 2 aromatic carbocycles. The normalized spacial score (nSPS) is 13.9. The Morgan fingerprint density at radius 2 is 1.61 bits per heavy atom. The van der Waals surface area contributed by atoms with Crippen LogP contribution in [0.25, 0.3) is 0 Å². The van der Waals surface area contributed by atoms with Crippen LogP contribution in [0.2, 0.25) is 0 Å². The number of hydrogen-bond donors (Lipinski definition) is 3. The molecule has 0 bridgehead atoms. The van der Waals surface area contributed by atoms with Gasteiger partial charge in [-0.2, -0.15) is 0 Å². The average Bonchev–Trinajstić information content (AvgIpc) is 2.78. The molecular formula is C23H26N4O4. The number of nitrogens with zero attached hydrogens (tertiary/aromatic N) is 1. The van der Waals surface area contributed by atoms with Crippen LogP contribution in [0.1, 0.15) is 40.5 Å². The van der Waals surface area contributed by atoms with Crippen LogP contribution in [-0.4, -0.2) is 54.2 Å². The quantitative estimate of drug-likeness (QED) is 0.660. The Bertz CT molecular complexity index is 953. The number of amides is 4. The second kappa shape index (κ2) is 10.4. The lowest BCUT2D eigenvalue weighted by Crippen LogP contribution is -2.48. The number of anilines is 1. The topological polar surface area (TPSA) is 108 Å². The van der Waals surface area contributed by atoms with Gasteiger partial charge < -0.3 is 20.9 Å². The summed E-state index contributed by atoms with van der Waals surface area (Å²) < 4.78 is 0. The van der Waals surface area contributed by atoms with Crippen LogP contribution in [0, 0.1) is 0 Å². The van der Waals surface area contributed by atoms with Crippen LogP contribution in [-0.2, 0) is 9.59 Å². The van der Waals surface area contributed by atoms with E-state index < -0.39 is 0 Å². The Morgan fingerprint density at radius 1 is 0.935 bits per heavy atom. The fraction of sp³-hybridized carbons (Fsp3) is 0.304. The first-order valence-corrected chi connectivity index (χ1v) is 10.2. The smallest absolute Gasteiger partial charge is 0.253 e. The summed E-state index contributed by atoms with van der Waals surface area (Å²) in [4.78, 5) is 49.9. The van der Waals surface area contributed by atoms with Gasteiger partial charge in [-0.3, -0.25) is 19.2 Å². The van der Waals surface area contributed by atoms with Crippen LogP contribution < -0.4 is 16.0 Å². The van der Waals surface area contributed by atoms with Crippen molar-refractivity contribution in [2.75, 3.05) is 25.0 Å². The van der Waals surface area contributed by atoms with Gasteiger partial charge in [-0.15, -0.1) is 0 Å². The zero-order chi connectivity index (χ0) is 22.2. The van der Waals surface area contributed by atoms with Crippen molar-refractivity contribution in [3.8, 4) is 0 Å². The third kappa shape index (κ3) is 6.40. The Morgan fingerprint density at radius 3 is 2.29 bits per heavy atom. The van der Waals surface area contributed by atoms with Gasteiger partial charge in [-0.05, 0) is 43.2 Å². The first-order valence-electron chi connectivity index (χ1n) is 10.2. The fourth-order valence-electron chi connectivity index (χ4n) is 3.47. The summed E-state index contributed by atoms with van der Waals surface area (Å²) in [7, 11) is 0. The van der Waals surface area contributed by atoms with E-state index in [1.54, 1.807) is 53.4 Å². The lowest BCUT2D eigenvalue weighted by molar-refractivity contribution is -0.121. The summed E-state index contributed by atoms with van der Waals surface area (Å²) in [6, 6.07) is 15.5. The van der Waals surface area contributed by atoms with Gasteiger partial charge in [0.1, 0.15) is 0 Å². The van der Waals surface area contributed by atoms with Gasteiger partial charge >= 0.3 is 0 Å². The maximum Gasteiger partial charge on any atom is 0.253 e. The molecule has 0 aliphatic carbocycles. The summed E-state index contributed by atoms with van der Waals surface area (Å²) in [5.74, 6) is -0.844. The minimum atomic E-state index is -0.294. The molecule has 8 heteroatoms. The van der Waals surface area contributed by atoms with Crippen molar-refractivity contribution in [2.24, 2.45) is 0 Å². The molecule has 0 unspecified atom stereocenters. The van der Waals surface area contributed by atoms with Crippen LogP contribution in [0.4, 0.5) is 5.69 Å². The molecule has 1 aliphatic rings. The lowest BCUT2D eigenvalue weighted by Gasteiger charge is -2.32. The van der Waals surface area contributed by atoms with E-state index in [2.05, 4.69) is 16.0 Å². The van der Waals surface area contributed by atoms with Crippen molar-refractivity contribution >= 4 is 29.3 Å². The molecule has 1 heterocycles. The van der Waals surface area contributed by atoms with Crippen molar-refractivity contribution in [3.05, 3.63) is 65.7 Å². The number of benzene rings is 2. The molecule has 4 amide bonds. The monoisotopic (exact) mass is 422 g/mol. The number of piperidine rings is 1. The number of carbonyl (C=O) groups excluding carboxylic acids is 4. The summed E-state index contributed by atoms with van der Waals surface area (Å²) >= 11 is 0. The van der Waals surface area contributed by atoms with E-state index >= 15 is 0 Å². The molecule has 8 nitrogen and oxygen atoms in total. The molecule has 1 fully saturated rings. The van der Waals surface area contributed by atoms with E-state index in [1.807, 2.05) is 6.07 Å². The highest BCUT2D eigenvalue weighted by molar-refractivity contribution is 5.97. The molecule has 3 N–H and O–H groups in total. The first-order chi connectivity index (χ1) is 14.9. The molecule has 2 aromatic rings. The summed E-state index contributed by atoms with van der Waals surface area (Å²) in [5, 5.41) is 8.20.